The molecule has 2 amide bonds. The van der Waals surface area contributed by atoms with Crippen molar-refractivity contribution in [3.63, 3.8) is 0 Å². The van der Waals surface area contributed by atoms with Crippen LogP contribution in [0, 0.1) is 5.82 Å². The molecule has 11 heteroatoms. The van der Waals surface area contributed by atoms with Crippen molar-refractivity contribution in [2.24, 2.45) is 0 Å². The number of carbonyl (C=O) groups is 2. The Bertz CT molecular complexity index is 1670. The first-order valence-corrected chi connectivity index (χ1v) is 15.5. The summed E-state index contributed by atoms with van der Waals surface area (Å²) < 4.78 is 26.1. The van der Waals surface area contributed by atoms with Crippen LogP contribution in [0.1, 0.15) is 52.5 Å². The highest BCUT2D eigenvalue weighted by atomic mass is 79.9. The molecule has 234 valence electrons. The highest BCUT2D eigenvalue weighted by molar-refractivity contribution is 9.10. The van der Waals surface area contributed by atoms with Crippen molar-refractivity contribution in [2.75, 3.05) is 31.0 Å². The first-order valence-electron chi connectivity index (χ1n) is 14.4. The van der Waals surface area contributed by atoms with Gasteiger partial charge in [0, 0.05) is 38.3 Å². The smallest absolute Gasteiger partial charge is 0.256 e. The lowest BCUT2D eigenvalue weighted by Gasteiger charge is -2.37. The second kappa shape index (κ2) is 13.9. The summed E-state index contributed by atoms with van der Waals surface area (Å²) in [7, 11) is 3.26. The molecule has 4 aromatic rings. The van der Waals surface area contributed by atoms with E-state index in [0.717, 1.165) is 28.2 Å². The van der Waals surface area contributed by atoms with Crippen LogP contribution in [0.3, 0.4) is 0 Å². The van der Waals surface area contributed by atoms with Crippen LogP contribution >= 0.6 is 27.5 Å². The molecule has 0 aliphatic carbocycles. The minimum atomic E-state index is -0.788. The minimum Gasteiger partial charge on any atom is -0.497 e. The lowest BCUT2D eigenvalue weighted by atomic mass is 9.94. The second-order valence-electron chi connectivity index (χ2n) is 10.7. The summed E-state index contributed by atoms with van der Waals surface area (Å²) in [5.41, 5.74) is 3.30. The average Bonchev–Trinajstić information content (AvgIpc) is 3.05. The third-order valence-electron chi connectivity index (χ3n) is 7.90. The maximum atomic E-state index is 15.4. The quantitative estimate of drug-likeness (QED) is 0.172. The summed E-state index contributed by atoms with van der Waals surface area (Å²) in [5, 5.41) is 2.64. The number of hydrogen-bond acceptors (Lipinski definition) is 6. The number of nitrogens with zero attached hydrogens (tertiary/aromatic N) is 3. The maximum Gasteiger partial charge on any atom is 0.256 e. The Morgan fingerprint density at radius 3 is 2.18 bits per heavy atom. The van der Waals surface area contributed by atoms with Gasteiger partial charge >= 0.3 is 0 Å². The largest absolute Gasteiger partial charge is 0.497 e. The second-order valence-corrected chi connectivity index (χ2v) is 11.9. The van der Waals surface area contributed by atoms with E-state index in [2.05, 4.69) is 26.1 Å². The van der Waals surface area contributed by atoms with Gasteiger partial charge in [-0.2, -0.15) is 0 Å². The number of methoxy groups -OCH3 is 2. The first kappa shape index (κ1) is 32.2. The van der Waals surface area contributed by atoms with Crippen LogP contribution in [0.15, 0.2) is 71.3 Å². The van der Waals surface area contributed by atoms with Gasteiger partial charge in [0.05, 0.1) is 41.0 Å². The van der Waals surface area contributed by atoms with Crippen LogP contribution < -0.4 is 19.7 Å². The number of anilines is 2. The van der Waals surface area contributed by atoms with Gasteiger partial charge in [0.15, 0.2) is 5.82 Å². The zero-order valence-electron chi connectivity index (χ0n) is 25.4. The molecule has 0 saturated carbocycles. The number of fused-ring (bicyclic) bond motifs is 1. The van der Waals surface area contributed by atoms with Crippen LogP contribution in [0.5, 0.6) is 11.5 Å². The predicted molar refractivity (Wildman–Crippen MR) is 177 cm³/mol. The summed E-state index contributed by atoms with van der Waals surface area (Å²) in [6.07, 6.45) is 2.11. The molecular weight excluding hydrogens is 663 g/mol. The number of rotatable bonds is 10. The van der Waals surface area contributed by atoms with E-state index >= 15 is 4.39 Å². The summed E-state index contributed by atoms with van der Waals surface area (Å²) in [6, 6.07) is 19.1. The van der Waals surface area contributed by atoms with E-state index < -0.39 is 23.7 Å². The molecule has 0 spiro atoms. The Kier molecular flexibility index (Phi) is 9.94. The van der Waals surface area contributed by atoms with Gasteiger partial charge in [-0.15, -0.1) is 0 Å². The van der Waals surface area contributed by atoms with Crippen molar-refractivity contribution in [3.05, 3.63) is 110 Å². The average molecular weight is 696 g/mol. The molecule has 45 heavy (non-hydrogen) atoms. The Morgan fingerprint density at radius 1 is 1.07 bits per heavy atom. The molecule has 1 aliphatic heterocycles. The number of aromatic nitrogens is 1. The normalized spacial score (nSPS) is 13.2. The molecule has 0 saturated heterocycles. The third kappa shape index (κ3) is 6.77. The van der Waals surface area contributed by atoms with Crippen molar-refractivity contribution in [3.8, 4) is 11.5 Å². The zero-order valence-corrected chi connectivity index (χ0v) is 27.7. The molecular formula is C34H33BrClFN4O4. The SMILES string of the molecule is COc1ccc(CN(Cc2ccc(OC)cc2)c2ncccc2C(C)N2CCc3c(Cl)c(Br)c(F)c(NC(C)=O)c3C2=O)cc1. The Hall–Kier alpha value is -4.15. The number of amides is 2. The third-order valence-corrected chi connectivity index (χ3v) is 9.29. The number of carbonyl (C=O) groups excluding carboxylic acids is 2. The van der Waals surface area contributed by atoms with Gasteiger partial charge in [-0.05, 0) is 76.3 Å². The van der Waals surface area contributed by atoms with Crippen LogP contribution in [0.25, 0.3) is 0 Å². The Balaban J connectivity index is 1.53. The molecule has 1 aliphatic rings. The van der Waals surface area contributed by atoms with E-state index in [9.17, 15) is 9.59 Å². The van der Waals surface area contributed by atoms with Crippen LogP contribution in [-0.2, 0) is 24.3 Å². The van der Waals surface area contributed by atoms with Crippen molar-refractivity contribution in [2.45, 2.75) is 39.4 Å². The number of pyridine rings is 1. The first-order chi connectivity index (χ1) is 21.6. The highest BCUT2D eigenvalue weighted by Crippen LogP contribution is 2.42. The fraction of sp³-hybridized carbons (Fsp3) is 0.265. The van der Waals surface area contributed by atoms with Crippen LogP contribution in [-0.4, -0.2) is 42.5 Å². The molecule has 1 atom stereocenters. The van der Waals surface area contributed by atoms with Gasteiger partial charge in [0.25, 0.3) is 5.91 Å². The van der Waals surface area contributed by atoms with Crippen LogP contribution in [0.2, 0.25) is 5.02 Å². The summed E-state index contributed by atoms with van der Waals surface area (Å²) in [6.45, 7) is 4.60. The fourth-order valence-electron chi connectivity index (χ4n) is 5.60. The number of nitrogens with one attached hydrogen (secondary N) is 1. The van der Waals surface area contributed by atoms with Crippen LogP contribution in [0.4, 0.5) is 15.9 Å². The Labute approximate surface area is 275 Å². The van der Waals surface area contributed by atoms with Gasteiger partial charge < -0.3 is 24.6 Å². The standard InChI is InChI=1S/C34H33BrClFN4O4/c1-20(41-17-15-27-28(34(41)43)32(39-21(2)42)31(37)29(35)30(27)36)26-6-5-16-38-33(26)40(18-22-7-11-24(44-3)12-8-22)19-23-9-13-25(45-4)14-10-23/h5-14,16,20H,15,17-19H2,1-4H3,(H,39,42). The van der Waals surface area contributed by atoms with Gasteiger partial charge in [-0.1, -0.05) is 41.9 Å². The Morgan fingerprint density at radius 2 is 1.64 bits per heavy atom. The summed E-state index contributed by atoms with van der Waals surface area (Å²) in [5.74, 6) is 0.525. The van der Waals surface area contributed by atoms with Gasteiger partial charge in [0.1, 0.15) is 17.3 Å². The lowest BCUT2D eigenvalue weighted by molar-refractivity contribution is -0.114. The van der Waals surface area contributed by atoms with E-state index in [1.54, 1.807) is 25.3 Å². The van der Waals surface area contributed by atoms with Gasteiger partial charge in [-0.3, -0.25) is 9.59 Å². The van der Waals surface area contributed by atoms with E-state index in [-0.39, 0.29) is 20.7 Å². The van der Waals surface area contributed by atoms with E-state index in [1.165, 1.54) is 6.92 Å². The number of ether oxygens (including phenoxy) is 2. The molecule has 8 nitrogen and oxygen atoms in total. The molecule has 0 radical (unpaired) electrons. The molecule has 3 aromatic carbocycles. The molecule has 0 fully saturated rings. The molecule has 0 bridgehead atoms. The maximum absolute atomic E-state index is 15.4. The van der Waals surface area contributed by atoms with Crippen molar-refractivity contribution in [1.82, 2.24) is 9.88 Å². The van der Waals surface area contributed by atoms with E-state index in [1.807, 2.05) is 67.6 Å². The zero-order chi connectivity index (χ0) is 32.2. The lowest BCUT2D eigenvalue weighted by Crippen LogP contribution is -2.41. The monoisotopic (exact) mass is 694 g/mol. The van der Waals surface area contributed by atoms with E-state index in [4.69, 9.17) is 26.1 Å². The topological polar surface area (TPSA) is 84.0 Å². The summed E-state index contributed by atoms with van der Waals surface area (Å²) >= 11 is 9.68. The van der Waals surface area contributed by atoms with Crippen molar-refractivity contribution >= 4 is 50.9 Å². The molecule has 2 heterocycles. The minimum absolute atomic E-state index is 0.0169. The number of hydrogen-bond donors (Lipinski definition) is 1. The van der Waals surface area contributed by atoms with Gasteiger partial charge in [-0.25, -0.2) is 9.37 Å². The molecule has 1 aromatic heterocycles. The van der Waals surface area contributed by atoms with Crippen molar-refractivity contribution in [1.29, 1.82) is 0 Å². The number of benzene rings is 3. The molecule has 1 unspecified atom stereocenters. The molecule has 5 rings (SSSR count). The highest BCUT2D eigenvalue weighted by Gasteiger charge is 2.36. The van der Waals surface area contributed by atoms with Gasteiger partial charge in [0.2, 0.25) is 5.91 Å². The van der Waals surface area contributed by atoms with Crippen molar-refractivity contribution < 1.29 is 23.5 Å². The summed E-state index contributed by atoms with van der Waals surface area (Å²) in [4.78, 5) is 34.8. The fourth-order valence-corrected chi connectivity index (χ4v) is 6.31. The predicted octanol–water partition coefficient (Wildman–Crippen LogP) is 7.58. The number of halogens is 3. The van der Waals surface area contributed by atoms with E-state index in [0.29, 0.717) is 37.4 Å². The molecule has 1 N–H and O–H groups in total.